The molecule has 0 unspecified atom stereocenters. The van der Waals surface area contributed by atoms with Gasteiger partial charge in [-0.2, -0.15) is 0 Å². The largest absolute Gasteiger partial charge is 0.383 e. The van der Waals surface area contributed by atoms with Crippen LogP contribution in [0.1, 0.15) is 17.7 Å². The van der Waals surface area contributed by atoms with E-state index in [1.807, 2.05) is 19.9 Å². The van der Waals surface area contributed by atoms with Crippen molar-refractivity contribution in [1.29, 1.82) is 0 Å². The molecule has 1 aromatic rings. The molecule has 24 heavy (non-hydrogen) atoms. The molecule has 2 heterocycles. The molecule has 3 amide bonds. The monoisotopic (exact) mass is 352 g/mol. The third kappa shape index (κ3) is 4.85. The first kappa shape index (κ1) is 18.5. The van der Waals surface area contributed by atoms with Crippen LogP contribution in [0.5, 0.6) is 0 Å². The molecular formula is C16H24N4O3S. The van der Waals surface area contributed by atoms with Crippen molar-refractivity contribution in [2.24, 2.45) is 0 Å². The molecule has 8 heteroatoms. The number of aromatic nitrogens is 1. The van der Waals surface area contributed by atoms with Gasteiger partial charge in [-0.05, 0) is 25.5 Å². The highest BCUT2D eigenvalue weighted by Gasteiger charge is 2.26. The Morgan fingerprint density at radius 2 is 2.12 bits per heavy atom. The molecule has 1 aliphatic rings. The van der Waals surface area contributed by atoms with E-state index < -0.39 is 0 Å². The molecule has 1 aromatic heterocycles. The molecule has 0 aliphatic carbocycles. The maximum Gasteiger partial charge on any atom is 0.322 e. The Balaban J connectivity index is 1.89. The highest BCUT2D eigenvalue weighted by Crippen LogP contribution is 2.36. The van der Waals surface area contributed by atoms with E-state index in [9.17, 15) is 9.59 Å². The molecule has 1 aliphatic heterocycles. The topological polar surface area (TPSA) is 83.6 Å². The molecule has 0 aromatic carbocycles. The van der Waals surface area contributed by atoms with Crippen molar-refractivity contribution in [3.8, 4) is 0 Å². The lowest BCUT2D eigenvalue weighted by Gasteiger charge is -2.30. The summed E-state index contributed by atoms with van der Waals surface area (Å²) < 4.78 is 4.87. The zero-order chi connectivity index (χ0) is 17.5. The van der Waals surface area contributed by atoms with E-state index >= 15 is 0 Å². The minimum absolute atomic E-state index is 0.101. The fourth-order valence-corrected chi connectivity index (χ4v) is 3.62. The van der Waals surface area contributed by atoms with E-state index in [0.717, 1.165) is 27.7 Å². The minimum Gasteiger partial charge on any atom is -0.383 e. The molecule has 2 rings (SSSR count). The van der Waals surface area contributed by atoms with Gasteiger partial charge in [0.2, 0.25) is 5.91 Å². The van der Waals surface area contributed by atoms with Gasteiger partial charge in [0.05, 0.1) is 12.3 Å². The van der Waals surface area contributed by atoms with Gasteiger partial charge >= 0.3 is 6.03 Å². The van der Waals surface area contributed by atoms with Gasteiger partial charge in [0.15, 0.2) is 0 Å². The second-order valence-electron chi connectivity index (χ2n) is 5.56. The van der Waals surface area contributed by atoms with Crippen LogP contribution in [0.25, 0.3) is 0 Å². The van der Waals surface area contributed by atoms with Crippen LogP contribution in [-0.4, -0.2) is 56.0 Å². The first-order valence-electron chi connectivity index (χ1n) is 7.95. The molecule has 0 fully saturated rings. The first-order chi connectivity index (χ1) is 11.5. The van der Waals surface area contributed by atoms with Crippen molar-refractivity contribution < 1.29 is 14.3 Å². The third-order valence-electron chi connectivity index (χ3n) is 3.60. The number of methoxy groups -OCH3 is 1. The first-order valence-corrected chi connectivity index (χ1v) is 8.93. The van der Waals surface area contributed by atoms with Crippen molar-refractivity contribution in [2.75, 3.05) is 44.0 Å². The van der Waals surface area contributed by atoms with Crippen LogP contribution in [-0.2, 0) is 9.53 Å². The number of aryl methyl sites for hydroxylation is 2. The van der Waals surface area contributed by atoms with Crippen LogP contribution < -0.4 is 15.5 Å². The van der Waals surface area contributed by atoms with Gasteiger partial charge in [-0.15, -0.1) is 11.8 Å². The summed E-state index contributed by atoms with van der Waals surface area (Å²) in [6.45, 7) is 5.83. The van der Waals surface area contributed by atoms with E-state index in [0.29, 0.717) is 26.2 Å². The van der Waals surface area contributed by atoms with Crippen LogP contribution in [0.2, 0.25) is 0 Å². The van der Waals surface area contributed by atoms with Gasteiger partial charge in [-0.25, -0.2) is 9.78 Å². The number of carbonyl (C=O) groups excluding carboxylic acids is 2. The van der Waals surface area contributed by atoms with Crippen molar-refractivity contribution in [2.45, 2.75) is 25.3 Å². The van der Waals surface area contributed by atoms with Crippen LogP contribution in [0.4, 0.5) is 10.5 Å². The quantitative estimate of drug-likeness (QED) is 0.758. The zero-order valence-electron chi connectivity index (χ0n) is 14.3. The normalized spacial score (nSPS) is 13.4. The number of amides is 3. The lowest BCUT2D eigenvalue weighted by molar-refractivity contribution is -0.121. The molecule has 0 atom stereocenters. The molecular weight excluding hydrogens is 328 g/mol. The van der Waals surface area contributed by atoms with Gasteiger partial charge < -0.3 is 15.4 Å². The number of carbonyl (C=O) groups is 2. The van der Waals surface area contributed by atoms with Gasteiger partial charge in [0, 0.05) is 44.6 Å². The summed E-state index contributed by atoms with van der Waals surface area (Å²) in [6.07, 6.45) is 0.246. The lowest BCUT2D eigenvalue weighted by Crippen LogP contribution is -2.44. The number of nitrogens with zero attached hydrogens (tertiary/aromatic N) is 2. The van der Waals surface area contributed by atoms with E-state index in [1.165, 1.54) is 0 Å². The Bertz CT molecular complexity index is 609. The van der Waals surface area contributed by atoms with E-state index in [-0.39, 0.29) is 18.4 Å². The van der Waals surface area contributed by atoms with Gasteiger partial charge in [-0.3, -0.25) is 9.69 Å². The summed E-state index contributed by atoms with van der Waals surface area (Å²) in [4.78, 5) is 30.3. The minimum atomic E-state index is -0.185. The Labute approximate surface area is 146 Å². The standard InChI is InChI=1S/C16H24N4O3S/c1-11-10-12(2)19-15-14(11)20(7-9-24-15)16(22)18-5-4-13(21)17-6-8-23-3/h10H,4-9H2,1-3H3,(H,17,21)(H,18,22). The number of thioether (sulfide) groups is 1. The van der Waals surface area contributed by atoms with E-state index in [1.54, 1.807) is 23.8 Å². The number of rotatable bonds is 6. The van der Waals surface area contributed by atoms with Crippen molar-refractivity contribution in [1.82, 2.24) is 15.6 Å². The molecule has 0 spiro atoms. The third-order valence-corrected chi connectivity index (χ3v) is 4.55. The van der Waals surface area contributed by atoms with E-state index in [4.69, 9.17) is 4.74 Å². The zero-order valence-corrected chi connectivity index (χ0v) is 15.2. The second kappa shape index (κ2) is 8.89. The molecule has 0 bridgehead atoms. The van der Waals surface area contributed by atoms with Gasteiger partial charge in [0.25, 0.3) is 0 Å². The fourth-order valence-electron chi connectivity index (χ4n) is 2.53. The number of urea groups is 1. The number of hydrogen-bond donors (Lipinski definition) is 2. The van der Waals surface area contributed by atoms with Crippen molar-refractivity contribution >= 4 is 29.4 Å². The number of pyridine rings is 1. The number of ether oxygens (including phenoxy) is 1. The maximum atomic E-state index is 12.5. The average molecular weight is 352 g/mol. The molecule has 0 saturated heterocycles. The number of nitrogens with one attached hydrogen (secondary N) is 2. The van der Waals surface area contributed by atoms with Crippen LogP contribution >= 0.6 is 11.8 Å². The van der Waals surface area contributed by atoms with Crippen LogP contribution in [0, 0.1) is 13.8 Å². The summed E-state index contributed by atoms with van der Waals surface area (Å²) >= 11 is 1.67. The Hall–Kier alpha value is -1.80. The molecule has 0 radical (unpaired) electrons. The van der Waals surface area contributed by atoms with Crippen LogP contribution in [0.3, 0.4) is 0 Å². The maximum absolute atomic E-state index is 12.5. The summed E-state index contributed by atoms with van der Waals surface area (Å²) in [6, 6.07) is 1.80. The highest BCUT2D eigenvalue weighted by molar-refractivity contribution is 7.99. The molecule has 2 N–H and O–H groups in total. The second-order valence-corrected chi connectivity index (χ2v) is 6.64. The highest BCUT2D eigenvalue weighted by atomic mass is 32.2. The smallest absolute Gasteiger partial charge is 0.322 e. The van der Waals surface area contributed by atoms with Gasteiger partial charge in [0.1, 0.15) is 5.03 Å². The summed E-state index contributed by atoms with van der Waals surface area (Å²) in [5.74, 6) is 0.712. The predicted octanol–water partition coefficient (Wildman–Crippen LogP) is 1.47. The van der Waals surface area contributed by atoms with Crippen molar-refractivity contribution in [3.05, 3.63) is 17.3 Å². The number of hydrogen-bond acceptors (Lipinski definition) is 5. The summed E-state index contributed by atoms with van der Waals surface area (Å²) in [5.41, 5.74) is 2.87. The Morgan fingerprint density at radius 3 is 2.88 bits per heavy atom. The van der Waals surface area contributed by atoms with E-state index in [2.05, 4.69) is 15.6 Å². The van der Waals surface area contributed by atoms with Gasteiger partial charge in [-0.1, -0.05) is 0 Å². The number of anilines is 1. The molecule has 0 saturated carbocycles. The summed E-state index contributed by atoms with van der Waals surface area (Å²) in [5, 5.41) is 6.43. The molecule has 7 nitrogen and oxygen atoms in total. The Morgan fingerprint density at radius 1 is 1.33 bits per heavy atom. The Kier molecular flexibility index (Phi) is 6.86. The average Bonchev–Trinajstić information content (AvgIpc) is 2.54. The van der Waals surface area contributed by atoms with Crippen LogP contribution in [0.15, 0.2) is 11.1 Å². The van der Waals surface area contributed by atoms with Crippen molar-refractivity contribution in [3.63, 3.8) is 0 Å². The SMILES string of the molecule is COCCNC(=O)CCNC(=O)N1CCSc2nc(C)cc(C)c21. The fraction of sp³-hybridized carbons (Fsp3) is 0.562. The predicted molar refractivity (Wildman–Crippen MR) is 94.7 cm³/mol. The summed E-state index contributed by atoms with van der Waals surface area (Å²) in [7, 11) is 1.58. The molecule has 132 valence electrons. The lowest BCUT2D eigenvalue weighted by atomic mass is 10.2. The number of fused-ring (bicyclic) bond motifs is 1.